The Kier molecular flexibility index (Phi) is 6.06. The first-order valence-electron chi connectivity index (χ1n) is 7.83. The maximum absolute atomic E-state index is 12.1. The van der Waals surface area contributed by atoms with Gasteiger partial charge in [0.15, 0.2) is 0 Å². The van der Waals surface area contributed by atoms with Gasteiger partial charge in [0.25, 0.3) is 0 Å². The van der Waals surface area contributed by atoms with Gasteiger partial charge >= 0.3 is 0 Å². The number of nitrogens with zero attached hydrogens (tertiary/aromatic N) is 1. The third-order valence-electron chi connectivity index (χ3n) is 3.91. The Morgan fingerprint density at radius 2 is 2.15 bits per heavy atom. The van der Waals surface area contributed by atoms with Crippen LogP contribution in [0.5, 0.6) is 0 Å². The largest absolute Gasteiger partial charge is 0.352 e. The second kappa shape index (κ2) is 8.05. The third kappa shape index (κ3) is 4.97. The van der Waals surface area contributed by atoms with Gasteiger partial charge in [0.2, 0.25) is 5.91 Å². The summed E-state index contributed by atoms with van der Waals surface area (Å²) in [5.74, 6) is 0.151. The molecule has 0 radical (unpaired) electrons. The lowest BCUT2D eigenvalue weighted by Crippen LogP contribution is -2.48. The van der Waals surface area contributed by atoms with Crippen LogP contribution in [0.1, 0.15) is 38.2 Å². The number of carbonyl (C=O) groups excluding carboxylic acids is 1. The number of likely N-dealkylation sites (tertiary alicyclic amines) is 1. The average Bonchev–Trinajstić information content (AvgIpc) is 2.46. The topological polar surface area (TPSA) is 32.3 Å². The van der Waals surface area contributed by atoms with Gasteiger partial charge in [-0.05, 0) is 37.9 Å². The first-order chi connectivity index (χ1) is 9.78. The van der Waals surface area contributed by atoms with Crippen LogP contribution in [0.2, 0.25) is 0 Å². The zero-order chi connectivity index (χ0) is 14.2. The summed E-state index contributed by atoms with van der Waals surface area (Å²) in [6, 6.07) is 10.3. The number of piperidine rings is 1. The Morgan fingerprint density at radius 1 is 1.35 bits per heavy atom. The van der Waals surface area contributed by atoms with Crippen molar-refractivity contribution in [3.63, 3.8) is 0 Å². The number of amides is 1. The molecule has 0 aliphatic carbocycles. The lowest BCUT2D eigenvalue weighted by Gasteiger charge is -2.33. The lowest BCUT2D eigenvalue weighted by atomic mass is 10.0. The molecule has 0 spiro atoms. The zero-order valence-electron chi connectivity index (χ0n) is 12.5. The molecule has 1 amide bonds. The van der Waals surface area contributed by atoms with Crippen LogP contribution in [0, 0.1) is 0 Å². The van der Waals surface area contributed by atoms with Crippen LogP contribution in [0.15, 0.2) is 30.3 Å². The van der Waals surface area contributed by atoms with E-state index in [0.29, 0.717) is 12.5 Å². The van der Waals surface area contributed by atoms with E-state index in [1.54, 1.807) is 0 Å². The van der Waals surface area contributed by atoms with Crippen molar-refractivity contribution in [2.75, 3.05) is 19.6 Å². The summed E-state index contributed by atoms with van der Waals surface area (Å²) in [4.78, 5) is 14.6. The van der Waals surface area contributed by atoms with Gasteiger partial charge in [-0.3, -0.25) is 4.79 Å². The quantitative estimate of drug-likeness (QED) is 0.865. The van der Waals surface area contributed by atoms with Crippen LogP contribution in [-0.2, 0) is 11.2 Å². The van der Waals surface area contributed by atoms with Crippen LogP contribution in [0.4, 0.5) is 0 Å². The van der Waals surface area contributed by atoms with E-state index in [2.05, 4.69) is 17.1 Å². The second-order valence-corrected chi connectivity index (χ2v) is 5.72. The van der Waals surface area contributed by atoms with Crippen LogP contribution in [0.3, 0.4) is 0 Å². The molecule has 1 atom stereocenters. The highest BCUT2D eigenvalue weighted by Gasteiger charge is 2.20. The van der Waals surface area contributed by atoms with Crippen molar-refractivity contribution in [2.24, 2.45) is 0 Å². The van der Waals surface area contributed by atoms with Crippen molar-refractivity contribution >= 4 is 5.91 Å². The molecule has 0 bridgehead atoms. The van der Waals surface area contributed by atoms with E-state index >= 15 is 0 Å². The standard InChI is InChI=1S/C17H26N2O/c1-2-3-11-19-12-7-10-16(14-19)18-17(20)13-15-8-5-4-6-9-15/h4-6,8-9,16H,2-3,7,10-14H2,1H3,(H,18,20). The number of unbranched alkanes of at least 4 members (excludes halogenated alkanes) is 1. The van der Waals surface area contributed by atoms with Crippen molar-refractivity contribution in [2.45, 2.75) is 45.1 Å². The Bertz CT molecular complexity index is 405. The smallest absolute Gasteiger partial charge is 0.224 e. The molecule has 0 saturated carbocycles. The van der Waals surface area contributed by atoms with E-state index in [4.69, 9.17) is 0 Å². The highest BCUT2D eigenvalue weighted by molar-refractivity contribution is 5.78. The molecule has 1 aliphatic rings. The third-order valence-corrected chi connectivity index (χ3v) is 3.91. The van der Waals surface area contributed by atoms with Crippen molar-refractivity contribution in [1.29, 1.82) is 0 Å². The fourth-order valence-electron chi connectivity index (χ4n) is 2.82. The van der Waals surface area contributed by atoms with Gasteiger partial charge in [-0.25, -0.2) is 0 Å². The highest BCUT2D eigenvalue weighted by atomic mass is 16.1. The van der Waals surface area contributed by atoms with E-state index in [0.717, 1.165) is 18.5 Å². The minimum absolute atomic E-state index is 0.151. The fourth-order valence-corrected chi connectivity index (χ4v) is 2.82. The second-order valence-electron chi connectivity index (χ2n) is 5.72. The summed E-state index contributed by atoms with van der Waals surface area (Å²) in [7, 11) is 0. The molecule has 110 valence electrons. The molecule has 0 aromatic heterocycles. The molecule has 3 heteroatoms. The molecule has 2 rings (SSSR count). The number of carbonyl (C=O) groups is 1. The summed E-state index contributed by atoms with van der Waals surface area (Å²) in [5, 5.41) is 3.19. The van der Waals surface area contributed by atoms with Crippen LogP contribution in [-0.4, -0.2) is 36.5 Å². The molecular formula is C17H26N2O. The first-order valence-corrected chi connectivity index (χ1v) is 7.83. The monoisotopic (exact) mass is 274 g/mol. The molecule has 1 N–H and O–H groups in total. The van der Waals surface area contributed by atoms with E-state index in [-0.39, 0.29) is 5.91 Å². The number of benzene rings is 1. The van der Waals surface area contributed by atoms with Gasteiger partial charge in [-0.15, -0.1) is 0 Å². The average molecular weight is 274 g/mol. The Labute approximate surface area is 122 Å². The molecule has 1 fully saturated rings. The predicted octanol–water partition coefficient (Wildman–Crippen LogP) is 2.61. The van der Waals surface area contributed by atoms with Gasteiger partial charge in [-0.1, -0.05) is 43.7 Å². The Hall–Kier alpha value is -1.35. The van der Waals surface area contributed by atoms with E-state index in [1.165, 1.54) is 32.4 Å². The zero-order valence-corrected chi connectivity index (χ0v) is 12.5. The highest BCUT2D eigenvalue weighted by Crippen LogP contribution is 2.11. The maximum atomic E-state index is 12.1. The van der Waals surface area contributed by atoms with Crippen molar-refractivity contribution in [3.05, 3.63) is 35.9 Å². The van der Waals surface area contributed by atoms with Gasteiger partial charge in [0, 0.05) is 12.6 Å². The summed E-state index contributed by atoms with van der Waals surface area (Å²) in [6.07, 6.45) is 5.29. The number of hydrogen-bond donors (Lipinski definition) is 1. The molecular weight excluding hydrogens is 248 g/mol. The van der Waals surface area contributed by atoms with Gasteiger partial charge in [0.1, 0.15) is 0 Å². The molecule has 20 heavy (non-hydrogen) atoms. The molecule has 1 aromatic rings. The SMILES string of the molecule is CCCCN1CCCC(NC(=O)Cc2ccccc2)C1. The normalized spacial score (nSPS) is 19.8. The van der Waals surface area contributed by atoms with Crippen LogP contribution in [0.25, 0.3) is 0 Å². The summed E-state index contributed by atoms with van der Waals surface area (Å²) < 4.78 is 0. The molecule has 1 heterocycles. The summed E-state index contributed by atoms with van der Waals surface area (Å²) >= 11 is 0. The number of hydrogen-bond acceptors (Lipinski definition) is 2. The number of nitrogens with one attached hydrogen (secondary N) is 1. The minimum atomic E-state index is 0.151. The fraction of sp³-hybridized carbons (Fsp3) is 0.588. The van der Waals surface area contributed by atoms with Crippen LogP contribution < -0.4 is 5.32 Å². The molecule has 1 saturated heterocycles. The molecule has 1 aliphatic heterocycles. The number of rotatable bonds is 6. The lowest BCUT2D eigenvalue weighted by molar-refractivity contribution is -0.121. The molecule has 3 nitrogen and oxygen atoms in total. The maximum Gasteiger partial charge on any atom is 0.224 e. The van der Waals surface area contributed by atoms with Gasteiger partial charge in [-0.2, -0.15) is 0 Å². The molecule has 1 unspecified atom stereocenters. The Morgan fingerprint density at radius 3 is 2.90 bits per heavy atom. The first kappa shape index (κ1) is 15.0. The van der Waals surface area contributed by atoms with E-state index < -0.39 is 0 Å². The molecule has 1 aromatic carbocycles. The minimum Gasteiger partial charge on any atom is -0.352 e. The van der Waals surface area contributed by atoms with E-state index in [1.807, 2.05) is 30.3 Å². The van der Waals surface area contributed by atoms with Gasteiger partial charge in [0.05, 0.1) is 6.42 Å². The van der Waals surface area contributed by atoms with Crippen molar-refractivity contribution in [3.8, 4) is 0 Å². The predicted molar refractivity (Wildman–Crippen MR) is 82.7 cm³/mol. The Balaban J connectivity index is 1.76. The van der Waals surface area contributed by atoms with E-state index in [9.17, 15) is 4.79 Å². The van der Waals surface area contributed by atoms with Crippen molar-refractivity contribution < 1.29 is 4.79 Å². The van der Waals surface area contributed by atoms with Crippen molar-refractivity contribution in [1.82, 2.24) is 10.2 Å². The summed E-state index contributed by atoms with van der Waals surface area (Å²) in [5.41, 5.74) is 1.09. The van der Waals surface area contributed by atoms with Crippen LogP contribution >= 0.6 is 0 Å². The summed E-state index contributed by atoms with van der Waals surface area (Å²) in [6.45, 7) is 5.59. The van der Waals surface area contributed by atoms with Gasteiger partial charge < -0.3 is 10.2 Å².